The molecule has 0 spiro atoms. The summed E-state index contributed by atoms with van der Waals surface area (Å²) in [5, 5.41) is 7.37. The van der Waals surface area contributed by atoms with Crippen LogP contribution in [0, 0.1) is 23.5 Å². The molecule has 2 heterocycles. The molecule has 0 N–H and O–H groups in total. The van der Waals surface area contributed by atoms with Gasteiger partial charge in [0.1, 0.15) is 0 Å². The van der Waals surface area contributed by atoms with Crippen LogP contribution < -0.4 is 0 Å². The van der Waals surface area contributed by atoms with Gasteiger partial charge >= 0.3 is 0 Å². The van der Waals surface area contributed by atoms with E-state index >= 15 is 0 Å². The van der Waals surface area contributed by atoms with Crippen LogP contribution in [0.25, 0.3) is 11.5 Å². The van der Waals surface area contributed by atoms with Crippen molar-refractivity contribution in [2.45, 2.75) is 10.1 Å². The van der Waals surface area contributed by atoms with Crippen LogP contribution >= 0.6 is 23.4 Å². The van der Waals surface area contributed by atoms with E-state index in [0.29, 0.717) is 10.6 Å². The maximum atomic E-state index is 13.5. The molecule has 0 atom stereocenters. The van der Waals surface area contributed by atoms with Crippen LogP contribution in [0.15, 0.2) is 38.8 Å². The summed E-state index contributed by atoms with van der Waals surface area (Å²) < 4.78 is 58.4. The lowest BCUT2D eigenvalue weighted by Crippen LogP contribution is -2.01. The Morgan fingerprint density at radius 2 is 1.70 bits per heavy atom. The highest BCUT2D eigenvalue weighted by molar-refractivity contribution is 7.99. The summed E-state index contributed by atoms with van der Waals surface area (Å²) >= 11 is 6.07. The zero-order chi connectivity index (χ0) is 16.6. The Kier molecular flexibility index (Phi) is 4.22. The zero-order valence-electron chi connectivity index (χ0n) is 10.9. The Morgan fingerprint density at radius 3 is 2.35 bits per heavy atom. The van der Waals surface area contributed by atoms with Gasteiger partial charge in [-0.25, -0.2) is 8.78 Å². The fraction of sp³-hybridized carbons (Fsp3) is 0. The lowest BCUT2D eigenvalue weighted by Gasteiger charge is -2.02. The Hall–Kier alpha value is -2.13. The van der Waals surface area contributed by atoms with Crippen molar-refractivity contribution in [2.24, 2.45) is 0 Å². The van der Waals surface area contributed by atoms with Gasteiger partial charge < -0.3 is 4.42 Å². The average Bonchev–Trinajstić information content (AvgIpc) is 2.98. The van der Waals surface area contributed by atoms with Crippen molar-refractivity contribution in [1.29, 1.82) is 0 Å². The van der Waals surface area contributed by atoms with Gasteiger partial charge in [0.05, 0.1) is 4.90 Å². The van der Waals surface area contributed by atoms with Crippen LogP contribution in [0.4, 0.5) is 17.6 Å². The second-order valence-corrected chi connectivity index (χ2v) is 5.53. The minimum Gasteiger partial charge on any atom is -0.411 e. The number of aromatic nitrogens is 3. The van der Waals surface area contributed by atoms with Crippen molar-refractivity contribution in [3.05, 3.63) is 52.8 Å². The smallest absolute Gasteiger partial charge is 0.281 e. The molecular formula is C13H4ClF4N3OS. The van der Waals surface area contributed by atoms with Crippen molar-refractivity contribution >= 4 is 23.4 Å². The first-order valence-electron chi connectivity index (χ1n) is 5.93. The first kappa shape index (κ1) is 15.8. The minimum atomic E-state index is -1.76. The number of pyridine rings is 1. The van der Waals surface area contributed by atoms with Crippen LogP contribution in [0.5, 0.6) is 0 Å². The van der Waals surface area contributed by atoms with E-state index in [1.165, 1.54) is 6.07 Å². The Morgan fingerprint density at radius 1 is 1.00 bits per heavy atom. The molecule has 0 saturated heterocycles. The maximum Gasteiger partial charge on any atom is 0.281 e. The van der Waals surface area contributed by atoms with E-state index in [1.54, 1.807) is 18.2 Å². The molecule has 0 aliphatic carbocycles. The van der Waals surface area contributed by atoms with E-state index in [-0.39, 0.29) is 22.9 Å². The van der Waals surface area contributed by atoms with Crippen molar-refractivity contribution in [1.82, 2.24) is 15.2 Å². The second-order valence-electron chi connectivity index (χ2n) is 4.14. The largest absolute Gasteiger partial charge is 0.411 e. The molecule has 0 fully saturated rings. The van der Waals surface area contributed by atoms with Gasteiger partial charge in [-0.1, -0.05) is 17.7 Å². The molecule has 3 rings (SSSR count). The third kappa shape index (κ3) is 3.15. The summed E-state index contributed by atoms with van der Waals surface area (Å²) in [6.07, 6.45) is 0. The molecule has 0 unspecified atom stereocenters. The quantitative estimate of drug-likeness (QED) is 0.508. The average molecular weight is 362 g/mol. The first-order chi connectivity index (χ1) is 11.0. The summed E-state index contributed by atoms with van der Waals surface area (Å²) in [6.45, 7) is 0. The molecule has 1 aromatic carbocycles. The van der Waals surface area contributed by atoms with Crippen molar-refractivity contribution < 1.29 is 22.0 Å². The number of halogens is 5. The van der Waals surface area contributed by atoms with Crippen LogP contribution in [0.3, 0.4) is 0 Å². The van der Waals surface area contributed by atoms with Crippen LogP contribution in [-0.4, -0.2) is 15.2 Å². The highest BCUT2D eigenvalue weighted by Gasteiger charge is 2.23. The monoisotopic (exact) mass is 361 g/mol. The van der Waals surface area contributed by atoms with Crippen LogP contribution in [-0.2, 0) is 0 Å². The van der Waals surface area contributed by atoms with Gasteiger partial charge in [-0.05, 0) is 30.0 Å². The molecule has 0 bridgehead atoms. The Labute approximate surface area is 135 Å². The van der Waals surface area contributed by atoms with Gasteiger partial charge in [0.25, 0.3) is 17.1 Å². The summed E-state index contributed by atoms with van der Waals surface area (Å²) in [7, 11) is 0. The van der Waals surface area contributed by atoms with Gasteiger partial charge in [0.15, 0.2) is 11.6 Å². The van der Waals surface area contributed by atoms with E-state index in [4.69, 9.17) is 16.0 Å². The first-order valence-corrected chi connectivity index (χ1v) is 7.12. The third-order valence-electron chi connectivity index (χ3n) is 2.62. The summed E-state index contributed by atoms with van der Waals surface area (Å²) in [4.78, 5) is 1.50. The van der Waals surface area contributed by atoms with Gasteiger partial charge in [-0.3, -0.25) is 0 Å². The molecule has 2 aromatic heterocycles. The fourth-order valence-electron chi connectivity index (χ4n) is 1.63. The molecule has 0 aliphatic rings. The van der Waals surface area contributed by atoms with Gasteiger partial charge in [0, 0.05) is 10.6 Å². The molecule has 0 radical (unpaired) electrons. The van der Waals surface area contributed by atoms with Crippen molar-refractivity contribution in [2.75, 3.05) is 0 Å². The molecule has 3 aromatic rings. The third-order valence-corrected chi connectivity index (χ3v) is 3.76. The number of hydrogen-bond acceptors (Lipinski definition) is 5. The molecule has 118 valence electrons. The predicted octanol–water partition coefficient (Wildman–Crippen LogP) is 4.49. The second kappa shape index (κ2) is 6.17. The minimum absolute atomic E-state index is 0.0332. The maximum absolute atomic E-state index is 13.5. The lowest BCUT2D eigenvalue weighted by atomic mass is 10.2. The summed E-state index contributed by atoms with van der Waals surface area (Å²) in [5.74, 6) is -6.78. The Balaban J connectivity index is 1.94. The topological polar surface area (TPSA) is 51.8 Å². The molecule has 0 saturated carbocycles. The molecular weight excluding hydrogens is 358 g/mol. The lowest BCUT2D eigenvalue weighted by molar-refractivity contribution is 0.382. The van der Waals surface area contributed by atoms with Crippen molar-refractivity contribution in [3.63, 3.8) is 0 Å². The fourth-order valence-corrected chi connectivity index (χ4v) is 2.55. The molecule has 0 aliphatic heterocycles. The SMILES string of the molecule is Fc1nc(F)c(F)c(Sc2nnc(-c3cccc(Cl)c3)o2)c1F. The predicted molar refractivity (Wildman–Crippen MR) is 72.9 cm³/mol. The Bertz CT molecular complexity index is 863. The number of hydrogen-bond donors (Lipinski definition) is 0. The van der Waals surface area contributed by atoms with E-state index < -0.39 is 28.4 Å². The molecule has 4 nitrogen and oxygen atoms in total. The normalized spacial score (nSPS) is 11.0. The standard InChI is InChI=1S/C13H4ClF4N3OS/c14-6-3-1-2-5(4-6)12-20-21-13(22-12)23-9-7(15)10(17)19-11(18)8(9)16/h1-4H. The van der Waals surface area contributed by atoms with E-state index in [9.17, 15) is 17.6 Å². The van der Waals surface area contributed by atoms with E-state index in [0.717, 1.165) is 0 Å². The molecule has 10 heteroatoms. The van der Waals surface area contributed by atoms with Gasteiger partial charge in [-0.15, -0.1) is 10.2 Å². The van der Waals surface area contributed by atoms with Gasteiger partial charge in [0.2, 0.25) is 5.89 Å². The number of rotatable bonds is 3. The molecule has 0 amide bonds. The van der Waals surface area contributed by atoms with Crippen molar-refractivity contribution in [3.8, 4) is 11.5 Å². The molecule has 23 heavy (non-hydrogen) atoms. The zero-order valence-corrected chi connectivity index (χ0v) is 12.4. The van der Waals surface area contributed by atoms with E-state index in [1.807, 2.05) is 0 Å². The van der Waals surface area contributed by atoms with Gasteiger partial charge in [-0.2, -0.15) is 13.8 Å². The van der Waals surface area contributed by atoms with Crippen LogP contribution in [0.2, 0.25) is 5.02 Å². The number of benzene rings is 1. The van der Waals surface area contributed by atoms with Crippen LogP contribution in [0.1, 0.15) is 0 Å². The van der Waals surface area contributed by atoms with E-state index in [2.05, 4.69) is 15.2 Å². The summed E-state index contributed by atoms with van der Waals surface area (Å²) in [5.41, 5.74) is 0.477. The highest BCUT2D eigenvalue weighted by atomic mass is 35.5. The summed E-state index contributed by atoms with van der Waals surface area (Å²) in [6, 6.07) is 6.43. The number of nitrogens with zero attached hydrogens (tertiary/aromatic N) is 3. The highest BCUT2D eigenvalue weighted by Crippen LogP contribution is 2.34.